The first kappa shape index (κ1) is 27.0. The van der Waals surface area contributed by atoms with Crippen molar-refractivity contribution < 1.29 is 4.79 Å². The van der Waals surface area contributed by atoms with Crippen LogP contribution in [0.2, 0.25) is 0 Å². The zero-order valence-corrected chi connectivity index (χ0v) is 21.4. The maximum absolute atomic E-state index is 13.4. The van der Waals surface area contributed by atoms with Gasteiger partial charge in [-0.05, 0) is 59.7 Å². The fraction of sp³-hybridized carbons (Fsp3) is 0.387. The van der Waals surface area contributed by atoms with Crippen molar-refractivity contribution in [3.63, 3.8) is 0 Å². The summed E-state index contributed by atoms with van der Waals surface area (Å²) < 4.78 is 0. The Bertz CT molecular complexity index is 1060. The third kappa shape index (κ3) is 7.96. The van der Waals surface area contributed by atoms with Crippen LogP contribution in [0.5, 0.6) is 0 Å². The van der Waals surface area contributed by atoms with Crippen LogP contribution in [0.15, 0.2) is 66.2 Å². The molecule has 3 heteroatoms. The first-order chi connectivity index (χ1) is 16.3. The Hall–Kier alpha value is -3.25. The lowest BCUT2D eigenvalue weighted by molar-refractivity contribution is -0.116. The summed E-state index contributed by atoms with van der Waals surface area (Å²) in [5.41, 5.74) is 5.69. The monoisotopic (exact) mass is 454 g/mol. The van der Waals surface area contributed by atoms with Crippen molar-refractivity contribution in [2.75, 3.05) is 0 Å². The van der Waals surface area contributed by atoms with Crippen LogP contribution in [0.4, 0.5) is 0 Å². The molecule has 0 saturated heterocycles. The van der Waals surface area contributed by atoms with Gasteiger partial charge < -0.3 is 0 Å². The Balaban J connectivity index is 2.35. The summed E-state index contributed by atoms with van der Waals surface area (Å²) in [7, 11) is 0. The summed E-state index contributed by atoms with van der Waals surface area (Å²) in [5, 5.41) is 9.07. The van der Waals surface area contributed by atoms with Gasteiger partial charge in [-0.15, -0.1) is 0 Å². The molecule has 2 aromatic carbocycles. The second-order valence-electron chi connectivity index (χ2n) is 9.35. The zero-order valence-electron chi connectivity index (χ0n) is 21.4. The highest BCUT2D eigenvalue weighted by Crippen LogP contribution is 2.22. The second-order valence-corrected chi connectivity index (χ2v) is 9.35. The minimum atomic E-state index is -0.100. The molecule has 0 aliphatic heterocycles. The number of hydrogen-bond acceptors (Lipinski definition) is 3. The Morgan fingerprint density at radius 1 is 1.00 bits per heavy atom. The van der Waals surface area contributed by atoms with Gasteiger partial charge in [-0.25, -0.2) is 4.99 Å². The summed E-state index contributed by atoms with van der Waals surface area (Å²) >= 11 is 0. The van der Waals surface area contributed by atoms with Crippen LogP contribution in [0.25, 0.3) is 11.3 Å². The van der Waals surface area contributed by atoms with Crippen molar-refractivity contribution in [3.05, 3.63) is 83.4 Å². The summed E-state index contributed by atoms with van der Waals surface area (Å²) in [6, 6.07) is 17.8. The first-order valence-electron chi connectivity index (χ1n) is 12.4. The van der Waals surface area contributed by atoms with Gasteiger partial charge in [0.05, 0.1) is 17.3 Å². The van der Waals surface area contributed by atoms with E-state index in [1.54, 1.807) is 12.1 Å². The zero-order chi connectivity index (χ0) is 25.1. The molecule has 2 aromatic rings. The van der Waals surface area contributed by atoms with Gasteiger partial charge in [0, 0.05) is 5.92 Å². The average Bonchev–Trinajstić information content (AvgIpc) is 2.85. The molecule has 0 spiro atoms. The lowest BCUT2D eigenvalue weighted by atomic mass is 9.93. The van der Waals surface area contributed by atoms with E-state index in [0.717, 1.165) is 36.0 Å². The van der Waals surface area contributed by atoms with Crippen LogP contribution < -0.4 is 0 Å². The summed E-state index contributed by atoms with van der Waals surface area (Å²) in [6.45, 7) is 14.6. The number of benzene rings is 2. The minimum Gasteiger partial charge on any atom is -0.292 e. The molecule has 34 heavy (non-hydrogen) atoms. The van der Waals surface area contributed by atoms with Crippen LogP contribution in [0.1, 0.15) is 94.9 Å². The highest BCUT2D eigenvalue weighted by atomic mass is 16.1. The standard InChI is InChI=1S/C31H38N2O/c1-7-8-9-10-11-23(4)31(34)30(20-24(5)28-14-12-26(21-32)13-15-28)33-25(6)29-18-16-27(17-19-29)22(2)3/h12-20,22-23H,6-11H2,1-5H3/b24-20+,33-30+. The maximum Gasteiger partial charge on any atom is 0.183 e. The van der Waals surface area contributed by atoms with E-state index in [-0.39, 0.29) is 11.7 Å². The molecule has 0 radical (unpaired) electrons. The molecule has 0 aromatic heterocycles. The Labute approximate surface area is 205 Å². The summed E-state index contributed by atoms with van der Waals surface area (Å²) in [4.78, 5) is 18.2. The van der Waals surface area contributed by atoms with Crippen LogP contribution in [-0.2, 0) is 4.79 Å². The molecule has 0 aliphatic carbocycles. The number of nitrogens with zero attached hydrogens (tertiary/aromatic N) is 2. The number of aliphatic imine (C=N–C) groups is 1. The lowest BCUT2D eigenvalue weighted by Crippen LogP contribution is -2.21. The van der Waals surface area contributed by atoms with Crippen molar-refractivity contribution in [1.29, 1.82) is 5.26 Å². The normalized spacial score (nSPS) is 13.0. The molecular formula is C31H38N2O. The van der Waals surface area contributed by atoms with Crippen molar-refractivity contribution in [3.8, 4) is 6.07 Å². The second kappa shape index (κ2) is 13.5. The van der Waals surface area contributed by atoms with Crippen molar-refractivity contribution in [2.24, 2.45) is 10.9 Å². The van der Waals surface area contributed by atoms with Crippen LogP contribution >= 0.6 is 0 Å². The van der Waals surface area contributed by atoms with Crippen molar-refractivity contribution in [2.45, 2.75) is 72.6 Å². The molecule has 178 valence electrons. The van der Waals surface area contributed by atoms with E-state index < -0.39 is 0 Å². The van der Waals surface area contributed by atoms with E-state index in [9.17, 15) is 4.79 Å². The molecule has 3 nitrogen and oxygen atoms in total. The van der Waals surface area contributed by atoms with Crippen LogP contribution in [0, 0.1) is 17.2 Å². The number of Topliss-reactive ketones (excluding diaryl/α,β-unsaturated/α-hetero) is 1. The third-order valence-electron chi connectivity index (χ3n) is 6.18. The number of allylic oxidation sites excluding steroid dienone is 2. The van der Waals surface area contributed by atoms with E-state index in [1.807, 2.05) is 44.2 Å². The van der Waals surface area contributed by atoms with E-state index in [1.165, 1.54) is 18.4 Å². The molecule has 2 rings (SSSR count). The number of ketones is 1. The van der Waals surface area contributed by atoms with Crippen molar-refractivity contribution in [1.82, 2.24) is 0 Å². The number of carbonyl (C=O) groups excluding carboxylic acids is 1. The third-order valence-corrected chi connectivity index (χ3v) is 6.18. The van der Waals surface area contributed by atoms with E-state index in [2.05, 4.69) is 45.6 Å². The molecule has 0 amide bonds. The summed E-state index contributed by atoms with van der Waals surface area (Å²) in [6.07, 6.45) is 7.29. The minimum absolute atomic E-state index is 0.0458. The number of carbonyl (C=O) groups is 1. The molecule has 0 N–H and O–H groups in total. The van der Waals surface area contributed by atoms with Gasteiger partial charge in [0.25, 0.3) is 0 Å². The van der Waals surface area contributed by atoms with Crippen LogP contribution in [-0.4, -0.2) is 11.5 Å². The molecular weight excluding hydrogens is 416 g/mol. The fourth-order valence-corrected chi connectivity index (χ4v) is 3.79. The number of nitriles is 1. The van der Waals surface area contributed by atoms with Gasteiger partial charge in [0.15, 0.2) is 5.78 Å². The quantitative estimate of drug-likeness (QED) is 0.239. The number of rotatable bonds is 12. The van der Waals surface area contributed by atoms with E-state index >= 15 is 0 Å². The van der Waals surface area contributed by atoms with Gasteiger partial charge in [-0.2, -0.15) is 5.26 Å². The van der Waals surface area contributed by atoms with Gasteiger partial charge in [-0.1, -0.05) is 96.4 Å². The van der Waals surface area contributed by atoms with Gasteiger partial charge in [0.2, 0.25) is 0 Å². The summed E-state index contributed by atoms with van der Waals surface area (Å²) in [5.74, 6) is 0.399. The smallest absolute Gasteiger partial charge is 0.183 e. The predicted molar refractivity (Wildman–Crippen MR) is 145 cm³/mol. The first-order valence-corrected chi connectivity index (χ1v) is 12.4. The fourth-order valence-electron chi connectivity index (χ4n) is 3.79. The molecule has 0 fully saturated rings. The lowest BCUT2D eigenvalue weighted by Gasteiger charge is -2.13. The molecule has 1 atom stereocenters. The highest BCUT2D eigenvalue weighted by molar-refractivity contribution is 6.46. The van der Waals surface area contributed by atoms with Gasteiger partial charge >= 0.3 is 0 Å². The maximum atomic E-state index is 13.4. The Morgan fingerprint density at radius 3 is 2.18 bits per heavy atom. The van der Waals surface area contributed by atoms with Gasteiger partial charge in [-0.3, -0.25) is 4.79 Å². The predicted octanol–water partition coefficient (Wildman–Crippen LogP) is 8.37. The van der Waals surface area contributed by atoms with E-state index in [0.29, 0.717) is 22.9 Å². The molecule has 0 aliphatic rings. The topological polar surface area (TPSA) is 53.2 Å². The number of hydrogen-bond donors (Lipinski definition) is 0. The largest absolute Gasteiger partial charge is 0.292 e. The molecule has 0 saturated carbocycles. The van der Waals surface area contributed by atoms with Crippen molar-refractivity contribution >= 4 is 22.8 Å². The van der Waals surface area contributed by atoms with E-state index in [4.69, 9.17) is 10.3 Å². The SMILES string of the molecule is C=C(/N=C(\C=C(/C)c1ccc(C#N)cc1)C(=O)C(C)CCCCCC)c1ccc(C(C)C)cc1. The average molecular weight is 455 g/mol. The molecule has 0 bridgehead atoms. The van der Waals surface area contributed by atoms with Crippen LogP contribution in [0.3, 0.4) is 0 Å². The Kier molecular flexibility index (Phi) is 10.7. The van der Waals surface area contributed by atoms with Gasteiger partial charge in [0.1, 0.15) is 5.71 Å². The molecule has 1 unspecified atom stereocenters. The molecule has 0 heterocycles. The Morgan fingerprint density at radius 2 is 1.62 bits per heavy atom. The number of unbranched alkanes of at least 4 members (excludes halogenated alkanes) is 3. The highest BCUT2D eigenvalue weighted by Gasteiger charge is 2.19.